The molecule has 34 heavy (non-hydrogen) atoms. The van der Waals surface area contributed by atoms with Crippen LogP contribution in [0.1, 0.15) is 25.7 Å². The van der Waals surface area contributed by atoms with Gasteiger partial charge in [0.05, 0.1) is 34.9 Å². The number of aromatic nitrogens is 6. The molecule has 0 spiro atoms. The zero-order chi connectivity index (χ0) is 23.2. The maximum Gasteiger partial charge on any atom is 0.261 e. The number of nitrogens with one attached hydrogen (secondary N) is 1. The van der Waals surface area contributed by atoms with Crippen molar-refractivity contribution in [3.05, 3.63) is 82.2 Å². The van der Waals surface area contributed by atoms with E-state index >= 15 is 0 Å². The minimum atomic E-state index is -0.337. The van der Waals surface area contributed by atoms with Crippen LogP contribution in [-0.4, -0.2) is 46.7 Å². The molecule has 10 nitrogen and oxygen atoms in total. The first-order valence-electron chi connectivity index (χ1n) is 10.1. The second kappa shape index (κ2) is 7.97. The van der Waals surface area contributed by atoms with Gasteiger partial charge < -0.3 is 5.32 Å². The molecule has 3 aromatic heterocycles. The molecule has 166 valence electrons. The molecule has 0 radical (unpaired) electrons. The highest BCUT2D eigenvalue weighted by Gasteiger charge is 2.35. The van der Waals surface area contributed by atoms with Crippen molar-refractivity contribution in [3.63, 3.8) is 0 Å². The van der Waals surface area contributed by atoms with Crippen LogP contribution in [0.4, 0.5) is 10.9 Å². The van der Waals surface area contributed by atoms with E-state index in [1.807, 2.05) is 12.1 Å². The van der Waals surface area contributed by atoms with Gasteiger partial charge in [-0.3, -0.25) is 14.5 Å². The zero-order valence-corrected chi connectivity index (χ0v) is 18.8. The Labute approximate surface area is 200 Å². The molecule has 5 aromatic rings. The fourth-order valence-electron chi connectivity index (χ4n) is 3.73. The summed E-state index contributed by atoms with van der Waals surface area (Å²) < 4.78 is 1.67. The van der Waals surface area contributed by atoms with Gasteiger partial charge in [-0.1, -0.05) is 41.1 Å². The van der Waals surface area contributed by atoms with Crippen molar-refractivity contribution in [2.24, 2.45) is 0 Å². The maximum absolute atomic E-state index is 12.6. The summed E-state index contributed by atoms with van der Waals surface area (Å²) in [4.78, 5) is 35.0. The van der Waals surface area contributed by atoms with E-state index in [9.17, 15) is 9.59 Å². The molecule has 4 heterocycles. The minimum Gasteiger partial charge on any atom is -0.314 e. The summed E-state index contributed by atoms with van der Waals surface area (Å²) in [5.74, 6) is -0.172. The second-order valence-electron chi connectivity index (χ2n) is 7.36. The van der Waals surface area contributed by atoms with Gasteiger partial charge in [0.25, 0.3) is 11.8 Å². The van der Waals surface area contributed by atoms with Gasteiger partial charge in [0, 0.05) is 5.02 Å². The number of anilines is 2. The van der Waals surface area contributed by atoms with Gasteiger partial charge in [-0.05, 0) is 30.3 Å². The molecule has 0 saturated carbocycles. The van der Waals surface area contributed by atoms with E-state index in [1.165, 1.54) is 22.6 Å². The van der Waals surface area contributed by atoms with E-state index in [0.717, 1.165) is 5.69 Å². The first-order valence-corrected chi connectivity index (χ1v) is 11.3. The van der Waals surface area contributed by atoms with Crippen molar-refractivity contribution in [1.29, 1.82) is 0 Å². The summed E-state index contributed by atoms with van der Waals surface area (Å²) in [5, 5.41) is 18.1. The molecule has 0 saturated heterocycles. The maximum atomic E-state index is 12.6. The van der Waals surface area contributed by atoms with Gasteiger partial charge in [-0.15, -0.1) is 10.2 Å². The normalized spacial score (nSPS) is 13.0. The monoisotopic (exact) mass is 488 g/mol. The molecule has 6 rings (SSSR count). The Balaban J connectivity index is 1.25. The van der Waals surface area contributed by atoms with Crippen LogP contribution < -0.4 is 5.32 Å². The number of halogens is 1. The lowest BCUT2D eigenvalue weighted by Crippen LogP contribution is -2.29. The highest BCUT2D eigenvalue weighted by atomic mass is 35.5. The van der Waals surface area contributed by atoms with Crippen LogP contribution in [0, 0.1) is 0 Å². The molecular weight excluding hydrogens is 476 g/mol. The average Bonchev–Trinajstić information content (AvgIpc) is 3.54. The highest BCUT2D eigenvalue weighted by Crippen LogP contribution is 2.29. The number of benzene rings is 2. The average molecular weight is 489 g/mol. The summed E-state index contributed by atoms with van der Waals surface area (Å²) in [6.07, 6.45) is 3.08. The van der Waals surface area contributed by atoms with Crippen molar-refractivity contribution < 1.29 is 9.59 Å². The van der Waals surface area contributed by atoms with Gasteiger partial charge in [0.15, 0.2) is 5.65 Å². The van der Waals surface area contributed by atoms with Gasteiger partial charge >= 0.3 is 0 Å². The Morgan fingerprint density at radius 3 is 2.53 bits per heavy atom. The summed E-state index contributed by atoms with van der Waals surface area (Å²) in [5.41, 5.74) is 2.16. The number of carbonyl (C=O) groups is 2. The van der Waals surface area contributed by atoms with Crippen molar-refractivity contribution in [2.75, 3.05) is 5.32 Å². The predicted octanol–water partition coefficient (Wildman–Crippen LogP) is 3.86. The van der Waals surface area contributed by atoms with E-state index in [0.29, 0.717) is 43.1 Å². The fraction of sp³-hybridized carbons (Fsp3) is 0.0455. The molecule has 1 aliphatic rings. The summed E-state index contributed by atoms with van der Waals surface area (Å²) in [6, 6.07) is 14.0. The van der Waals surface area contributed by atoms with Crippen LogP contribution in [0.2, 0.25) is 5.02 Å². The predicted molar refractivity (Wildman–Crippen MR) is 126 cm³/mol. The third-order valence-corrected chi connectivity index (χ3v) is 6.34. The molecule has 1 aliphatic heterocycles. The Kier molecular flexibility index (Phi) is 4.78. The van der Waals surface area contributed by atoms with E-state index in [2.05, 4.69) is 30.6 Å². The summed E-state index contributed by atoms with van der Waals surface area (Å²) >= 11 is 7.34. The van der Waals surface area contributed by atoms with E-state index in [4.69, 9.17) is 11.6 Å². The van der Waals surface area contributed by atoms with Crippen LogP contribution in [0.15, 0.2) is 61.1 Å². The Morgan fingerprint density at radius 1 is 0.971 bits per heavy atom. The SMILES string of the molecule is O=C1c2ccccc2C(=O)N1Cc1nnc(Nc2ncnc3c2cnn3-c2cccc(Cl)c2)s1. The van der Waals surface area contributed by atoms with Crippen molar-refractivity contribution in [2.45, 2.75) is 6.54 Å². The lowest BCUT2D eigenvalue weighted by molar-refractivity contribution is 0.0642. The van der Waals surface area contributed by atoms with Gasteiger partial charge in [-0.2, -0.15) is 5.10 Å². The molecule has 0 unspecified atom stereocenters. The van der Waals surface area contributed by atoms with Crippen LogP contribution in [0.25, 0.3) is 16.7 Å². The van der Waals surface area contributed by atoms with Crippen LogP contribution in [-0.2, 0) is 6.54 Å². The quantitative estimate of drug-likeness (QED) is 0.370. The highest BCUT2D eigenvalue weighted by molar-refractivity contribution is 7.15. The van der Waals surface area contributed by atoms with E-state index in [-0.39, 0.29) is 18.4 Å². The zero-order valence-electron chi connectivity index (χ0n) is 17.2. The van der Waals surface area contributed by atoms with E-state index < -0.39 is 0 Å². The summed E-state index contributed by atoms with van der Waals surface area (Å²) in [7, 11) is 0. The van der Waals surface area contributed by atoms with E-state index in [1.54, 1.807) is 47.3 Å². The Bertz CT molecular complexity index is 1560. The molecule has 2 aromatic carbocycles. The fourth-order valence-corrected chi connectivity index (χ4v) is 4.64. The first-order chi connectivity index (χ1) is 16.6. The number of carbonyl (C=O) groups excluding carboxylic acids is 2. The standard InChI is InChI=1S/C22H13ClN8O2S/c23-12-4-3-5-13(8-12)31-19-16(9-26-31)18(24-11-25-19)27-22-29-28-17(34-22)10-30-20(32)14-6-1-2-7-15(14)21(30)33/h1-9,11H,10H2,(H,24,25,27,29). The molecule has 0 bridgehead atoms. The number of rotatable bonds is 5. The number of nitrogens with zero attached hydrogens (tertiary/aromatic N) is 7. The van der Waals surface area contributed by atoms with Crippen molar-refractivity contribution >= 4 is 56.7 Å². The Morgan fingerprint density at radius 2 is 1.76 bits per heavy atom. The topological polar surface area (TPSA) is 119 Å². The second-order valence-corrected chi connectivity index (χ2v) is 8.86. The van der Waals surface area contributed by atoms with Crippen molar-refractivity contribution in [1.82, 2.24) is 34.8 Å². The van der Waals surface area contributed by atoms with Crippen LogP contribution >= 0.6 is 22.9 Å². The third kappa shape index (κ3) is 3.38. The largest absolute Gasteiger partial charge is 0.314 e. The molecular formula is C22H13ClN8O2S. The smallest absolute Gasteiger partial charge is 0.261 e. The van der Waals surface area contributed by atoms with Crippen molar-refractivity contribution in [3.8, 4) is 5.69 Å². The molecule has 0 fully saturated rings. The van der Waals surface area contributed by atoms with Crippen LogP contribution in [0.3, 0.4) is 0 Å². The molecule has 2 amide bonds. The lowest BCUT2D eigenvalue weighted by Gasteiger charge is -2.10. The number of amides is 2. The van der Waals surface area contributed by atoms with Crippen LogP contribution in [0.5, 0.6) is 0 Å². The third-order valence-electron chi connectivity index (χ3n) is 5.28. The molecule has 1 N–H and O–H groups in total. The number of fused-ring (bicyclic) bond motifs is 2. The number of imide groups is 1. The minimum absolute atomic E-state index is 0.0393. The first kappa shape index (κ1) is 20.4. The van der Waals surface area contributed by atoms with Gasteiger partial charge in [-0.25, -0.2) is 14.6 Å². The number of hydrogen-bond acceptors (Lipinski definition) is 9. The molecule has 12 heteroatoms. The Hall–Kier alpha value is -4.22. The van der Waals surface area contributed by atoms with Gasteiger partial charge in [0.2, 0.25) is 5.13 Å². The molecule has 0 aliphatic carbocycles. The summed E-state index contributed by atoms with van der Waals surface area (Å²) in [6.45, 7) is 0.0393. The lowest BCUT2D eigenvalue weighted by atomic mass is 10.1. The number of hydrogen-bond donors (Lipinski definition) is 1. The van der Waals surface area contributed by atoms with Gasteiger partial charge in [0.1, 0.15) is 17.2 Å². The molecule has 0 atom stereocenters.